The maximum atomic E-state index is 13.2. The smallest absolute Gasteiger partial charge is 0.160 e. The Morgan fingerprint density at radius 3 is 2.70 bits per heavy atom. The predicted octanol–water partition coefficient (Wildman–Crippen LogP) is 2.43. The quantitative estimate of drug-likeness (QED) is 0.890. The highest BCUT2D eigenvalue weighted by molar-refractivity contribution is 5.50. The fraction of sp³-hybridized carbons (Fsp3) is 0.286. The average Bonchev–Trinajstić information content (AvgIpc) is 2.39. The van der Waals surface area contributed by atoms with Crippen LogP contribution >= 0.6 is 0 Å². The Balaban J connectivity index is 2.11. The molecule has 0 saturated heterocycles. The Kier molecular flexibility index (Phi) is 3.94. The zero-order chi connectivity index (χ0) is 14.8. The lowest BCUT2D eigenvalue weighted by Gasteiger charge is -2.26. The van der Waals surface area contributed by atoms with E-state index in [-0.39, 0.29) is 6.61 Å². The van der Waals surface area contributed by atoms with E-state index in [9.17, 15) is 13.9 Å². The molecule has 2 N–H and O–H groups in total. The van der Waals surface area contributed by atoms with E-state index in [1.807, 2.05) is 0 Å². The fourth-order valence-corrected chi connectivity index (χ4v) is 1.54. The van der Waals surface area contributed by atoms with E-state index in [4.69, 9.17) is 4.74 Å². The molecule has 1 heterocycles. The maximum absolute atomic E-state index is 13.2. The average molecular weight is 282 g/mol. The van der Waals surface area contributed by atoms with Gasteiger partial charge in [0.25, 0.3) is 0 Å². The Hall–Kier alpha value is -2.08. The first-order valence-electron chi connectivity index (χ1n) is 6.09. The molecule has 1 aromatic carbocycles. The normalized spacial score (nSPS) is 14.8. The SMILES string of the molecule is CC(C)(O)COC1=CN(c2ccc(F)c(F)c2)NC=C1. The zero-order valence-electron chi connectivity index (χ0n) is 11.2. The summed E-state index contributed by atoms with van der Waals surface area (Å²) in [5.74, 6) is -1.33. The zero-order valence-corrected chi connectivity index (χ0v) is 11.2. The molecule has 0 bridgehead atoms. The number of halogens is 2. The van der Waals surface area contributed by atoms with Gasteiger partial charge in [-0.3, -0.25) is 5.01 Å². The molecule has 1 aliphatic rings. The summed E-state index contributed by atoms with van der Waals surface area (Å²) < 4.78 is 31.5. The van der Waals surface area contributed by atoms with Crippen LogP contribution in [0.25, 0.3) is 0 Å². The molecular weight excluding hydrogens is 266 g/mol. The van der Waals surface area contributed by atoms with Crippen molar-refractivity contribution in [1.29, 1.82) is 0 Å². The highest BCUT2D eigenvalue weighted by atomic mass is 19.2. The van der Waals surface area contributed by atoms with Gasteiger partial charge in [-0.05, 0) is 32.1 Å². The summed E-state index contributed by atoms with van der Waals surface area (Å²) in [5.41, 5.74) is 2.33. The largest absolute Gasteiger partial charge is 0.489 e. The number of anilines is 1. The minimum absolute atomic E-state index is 0.120. The number of hydrogen-bond donors (Lipinski definition) is 2. The fourth-order valence-electron chi connectivity index (χ4n) is 1.54. The second-order valence-electron chi connectivity index (χ2n) is 5.06. The third-order valence-corrected chi connectivity index (χ3v) is 2.49. The molecule has 1 aromatic rings. The van der Waals surface area contributed by atoms with Crippen LogP contribution in [0.4, 0.5) is 14.5 Å². The van der Waals surface area contributed by atoms with Crippen LogP contribution in [0.2, 0.25) is 0 Å². The molecule has 0 spiro atoms. The first-order chi connectivity index (χ1) is 9.35. The number of nitrogens with one attached hydrogen (secondary N) is 1. The van der Waals surface area contributed by atoms with Crippen molar-refractivity contribution in [1.82, 2.24) is 5.43 Å². The van der Waals surface area contributed by atoms with Gasteiger partial charge >= 0.3 is 0 Å². The van der Waals surface area contributed by atoms with Gasteiger partial charge in [0, 0.05) is 12.3 Å². The number of aliphatic hydroxyl groups is 1. The molecule has 4 nitrogen and oxygen atoms in total. The lowest BCUT2D eigenvalue weighted by molar-refractivity contribution is 0.00539. The van der Waals surface area contributed by atoms with Crippen LogP contribution in [-0.4, -0.2) is 17.3 Å². The van der Waals surface area contributed by atoms with Crippen LogP contribution in [-0.2, 0) is 4.74 Å². The first kappa shape index (κ1) is 14.3. The number of ether oxygens (including phenoxy) is 1. The van der Waals surface area contributed by atoms with Crippen LogP contribution in [0.5, 0.6) is 0 Å². The number of allylic oxidation sites excluding steroid dienone is 1. The summed E-state index contributed by atoms with van der Waals surface area (Å²) in [6, 6.07) is 3.57. The highest BCUT2D eigenvalue weighted by Crippen LogP contribution is 2.20. The molecule has 0 radical (unpaired) electrons. The number of benzene rings is 1. The Labute approximate surface area is 115 Å². The number of nitrogens with zero attached hydrogens (tertiary/aromatic N) is 1. The summed E-state index contributed by atoms with van der Waals surface area (Å²) in [7, 11) is 0. The van der Waals surface area contributed by atoms with Gasteiger partial charge in [-0.25, -0.2) is 8.78 Å². The van der Waals surface area contributed by atoms with Gasteiger partial charge in [-0.2, -0.15) is 0 Å². The van der Waals surface area contributed by atoms with E-state index in [1.54, 1.807) is 32.3 Å². The van der Waals surface area contributed by atoms with E-state index in [0.29, 0.717) is 11.4 Å². The molecule has 0 fully saturated rings. The van der Waals surface area contributed by atoms with Crippen molar-refractivity contribution in [2.75, 3.05) is 11.6 Å². The van der Waals surface area contributed by atoms with Crippen molar-refractivity contribution in [3.63, 3.8) is 0 Å². The Bertz CT molecular complexity index is 551. The van der Waals surface area contributed by atoms with Crippen LogP contribution < -0.4 is 10.4 Å². The molecule has 0 amide bonds. The summed E-state index contributed by atoms with van der Waals surface area (Å²) in [6.07, 6.45) is 4.85. The molecule has 1 aliphatic heterocycles. The molecular formula is C14H16F2N2O2. The molecule has 0 aliphatic carbocycles. The van der Waals surface area contributed by atoms with Crippen LogP contribution in [0, 0.1) is 11.6 Å². The molecule has 6 heteroatoms. The van der Waals surface area contributed by atoms with Crippen molar-refractivity contribution in [3.8, 4) is 0 Å². The third kappa shape index (κ3) is 3.71. The molecule has 0 saturated carbocycles. The van der Waals surface area contributed by atoms with Crippen molar-refractivity contribution >= 4 is 5.69 Å². The molecule has 0 unspecified atom stereocenters. The van der Waals surface area contributed by atoms with Crippen LogP contribution in [0.1, 0.15) is 13.8 Å². The Morgan fingerprint density at radius 2 is 2.05 bits per heavy atom. The molecule has 108 valence electrons. The molecule has 0 aromatic heterocycles. The van der Waals surface area contributed by atoms with Gasteiger partial charge in [-0.1, -0.05) is 0 Å². The molecule has 0 atom stereocenters. The van der Waals surface area contributed by atoms with Crippen LogP contribution in [0.15, 0.2) is 42.4 Å². The topological polar surface area (TPSA) is 44.7 Å². The molecule has 20 heavy (non-hydrogen) atoms. The van der Waals surface area contributed by atoms with Gasteiger partial charge < -0.3 is 15.3 Å². The van der Waals surface area contributed by atoms with Gasteiger partial charge in [-0.15, -0.1) is 0 Å². The van der Waals surface area contributed by atoms with Crippen LogP contribution in [0.3, 0.4) is 0 Å². The lowest BCUT2D eigenvalue weighted by Crippen LogP contribution is -2.32. The molecule has 2 rings (SSSR count). The van der Waals surface area contributed by atoms with E-state index < -0.39 is 17.2 Å². The second kappa shape index (κ2) is 5.50. The minimum Gasteiger partial charge on any atom is -0.489 e. The lowest BCUT2D eigenvalue weighted by atomic mass is 10.2. The van der Waals surface area contributed by atoms with Gasteiger partial charge in [0.1, 0.15) is 12.4 Å². The third-order valence-electron chi connectivity index (χ3n) is 2.49. The number of hydrogen-bond acceptors (Lipinski definition) is 4. The summed E-state index contributed by atoms with van der Waals surface area (Å²) in [6.45, 7) is 3.38. The monoisotopic (exact) mass is 282 g/mol. The van der Waals surface area contributed by atoms with E-state index in [0.717, 1.165) is 12.1 Å². The van der Waals surface area contributed by atoms with Gasteiger partial charge in [0.05, 0.1) is 17.5 Å². The summed E-state index contributed by atoms with van der Waals surface area (Å²) >= 11 is 0. The number of rotatable bonds is 4. The standard InChI is InChI=1S/C14H16F2N2O2/c1-14(2,19)9-20-11-5-6-17-18(8-11)10-3-4-12(15)13(16)7-10/h3-8,17,19H,9H2,1-2H3. The summed E-state index contributed by atoms with van der Waals surface area (Å²) in [5, 5.41) is 11.1. The predicted molar refractivity (Wildman–Crippen MR) is 71.4 cm³/mol. The Morgan fingerprint density at radius 1 is 1.30 bits per heavy atom. The van der Waals surface area contributed by atoms with E-state index >= 15 is 0 Å². The minimum atomic E-state index is -0.952. The second-order valence-corrected chi connectivity index (χ2v) is 5.06. The van der Waals surface area contributed by atoms with Crippen molar-refractivity contribution in [2.45, 2.75) is 19.4 Å². The number of hydrazine groups is 1. The van der Waals surface area contributed by atoms with E-state index in [1.165, 1.54) is 11.1 Å². The van der Waals surface area contributed by atoms with Crippen molar-refractivity contribution in [3.05, 3.63) is 54.1 Å². The van der Waals surface area contributed by atoms with Gasteiger partial charge in [0.2, 0.25) is 0 Å². The van der Waals surface area contributed by atoms with Crippen molar-refractivity contribution in [2.24, 2.45) is 0 Å². The summed E-state index contributed by atoms with van der Waals surface area (Å²) in [4.78, 5) is 0. The van der Waals surface area contributed by atoms with E-state index in [2.05, 4.69) is 5.43 Å². The highest BCUT2D eigenvalue weighted by Gasteiger charge is 2.16. The maximum Gasteiger partial charge on any atom is 0.160 e. The van der Waals surface area contributed by atoms with Gasteiger partial charge in [0.15, 0.2) is 11.6 Å². The first-order valence-corrected chi connectivity index (χ1v) is 6.09. The van der Waals surface area contributed by atoms with Crippen molar-refractivity contribution < 1.29 is 18.6 Å².